The lowest BCUT2D eigenvalue weighted by Gasteiger charge is -2.34. The number of rotatable bonds is 5. The van der Waals surface area contributed by atoms with Gasteiger partial charge in [0.15, 0.2) is 0 Å². The third-order valence-corrected chi connectivity index (χ3v) is 6.78. The Balaban J connectivity index is 1.24. The van der Waals surface area contributed by atoms with Crippen LogP contribution in [0.3, 0.4) is 0 Å². The van der Waals surface area contributed by atoms with Gasteiger partial charge in [0, 0.05) is 31.4 Å². The van der Waals surface area contributed by atoms with Crippen LogP contribution in [0.2, 0.25) is 0 Å². The van der Waals surface area contributed by atoms with Crippen molar-refractivity contribution in [2.45, 2.75) is 24.8 Å². The molecule has 5 heteroatoms. The second-order valence-corrected chi connectivity index (χ2v) is 8.59. The van der Waals surface area contributed by atoms with Crippen molar-refractivity contribution in [3.8, 4) is 5.75 Å². The third kappa shape index (κ3) is 4.06. The molecule has 0 spiro atoms. The molecule has 5 nitrogen and oxygen atoms in total. The molecule has 156 valence electrons. The largest absolute Gasteiger partial charge is 0.497 e. The van der Waals surface area contributed by atoms with Crippen molar-refractivity contribution in [2.75, 3.05) is 33.3 Å². The molecule has 2 fully saturated rings. The SMILES string of the molecule is COc1ccc2cc(C3NNCC3CN3CCC(c4ccncc4)CC3)ccc2c1. The average Bonchev–Trinajstić information content (AvgIpc) is 3.27. The van der Waals surface area contributed by atoms with Crippen molar-refractivity contribution in [3.05, 3.63) is 72.1 Å². The van der Waals surface area contributed by atoms with Gasteiger partial charge in [0.1, 0.15) is 5.75 Å². The number of piperidine rings is 1. The molecule has 0 aliphatic carbocycles. The van der Waals surface area contributed by atoms with Gasteiger partial charge in [-0.25, -0.2) is 5.43 Å². The fraction of sp³-hybridized carbons (Fsp3) is 0.400. The number of benzene rings is 2. The first-order valence-electron chi connectivity index (χ1n) is 11.0. The second-order valence-electron chi connectivity index (χ2n) is 8.59. The summed E-state index contributed by atoms with van der Waals surface area (Å²) in [6, 6.07) is 17.8. The first kappa shape index (κ1) is 19.5. The molecule has 30 heavy (non-hydrogen) atoms. The minimum absolute atomic E-state index is 0.342. The van der Waals surface area contributed by atoms with Gasteiger partial charge in [0.2, 0.25) is 0 Å². The number of hydrazine groups is 1. The van der Waals surface area contributed by atoms with E-state index >= 15 is 0 Å². The van der Waals surface area contributed by atoms with Crippen LogP contribution in [0.15, 0.2) is 60.9 Å². The third-order valence-electron chi connectivity index (χ3n) is 6.78. The van der Waals surface area contributed by atoms with Gasteiger partial charge in [0.05, 0.1) is 13.2 Å². The number of fused-ring (bicyclic) bond motifs is 1. The normalized spacial score (nSPS) is 23.1. The Bertz CT molecular complexity index is 985. The Hall–Kier alpha value is -2.47. The number of likely N-dealkylation sites (tertiary alicyclic amines) is 1. The van der Waals surface area contributed by atoms with Gasteiger partial charge in [-0.05, 0) is 84.1 Å². The Kier molecular flexibility index (Phi) is 5.67. The Morgan fingerprint density at radius 2 is 1.73 bits per heavy atom. The summed E-state index contributed by atoms with van der Waals surface area (Å²) in [6.07, 6.45) is 6.31. The smallest absolute Gasteiger partial charge is 0.119 e. The summed E-state index contributed by atoms with van der Waals surface area (Å²) >= 11 is 0. The van der Waals surface area contributed by atoms with E-state index in [1.807, 2.05) is 18.5 Å². The first-order chi connectivity index (χ1) is 14.8. The minimum atomic E-state index is 0.342. The van der Waals surface area contributed by atoms with Crippen LogP contribution in [0.25, 0.3) is 10.8 Å². The molecular weight excluding hydrogens is 372 g/mol. The quantitative estimate of drug-likeness (QED) is 0.678. The van der Waals surface area contributed by atoms with Crippen LogP contribution < -0.4 is 15.6 Å². The monoisotopic (exact) mass is 402 g/mol. The predicted octanol–water partition coefficient (Wildman–Crippen LogP) is 3.89. The fourth-order valence-electron chi connectivity index (χ4n) is 5.04. The van der Waals surface area contributed by atoms with Crippen LogP contribution in [0.1, 0.15) is 35.9 Å². The van der Waals surface area contributed by atoms with E-state index < -0.39 is 0 Å². The van der Waals surface area contributed by atoms with Gasteiger partial charge >= 0.3 is 0 Å². The molecule has 3 aromatic rings. The molecular formula is C25H30N4O. The highest BCUT2D eigenvalue weighted by molar-refractivity contribution is 5.84. The summed E-state index contributed by atoms with van der Waals surface area (Å²) < 4.78 is 5.36. The average molecular weight is 403 g/mol. The lowest BCUT2D eigenvalue weighted by molar-refractivity contribution is 0.180. The lowest BCUT2D eigenvalue weighted by atomic mass is 9.88. The number of ether oxygens (including phenoxy) is 1. The maximum absolute atomic E-state index is 5.36. The molecule has 3 heterocycles. The van der Waals surface area contributed by atoms with E-state index in [-0.39, 0.29) is 0 Å². The molecule has 5 rings (SSSR count). The summed E-state index contributed by atoms with van der Waals surface area (Å²) in [5, 5.41) is 2.48. The van der Waals surface area contributed by atoms with Gasteiger partial charge in [-0.15, -0.1) is 0 Å². The minimum Gasteiger partial charge on any atom is -0.497 e. The standard InChI is InChI=1S/C25H30N4O/c1-30-24-5-4-20-14-22(3-2-21(20)15-24)25-23(16-27-28-25)17-29-12-8-19(9-13-29)18-6-10-26-11-7-18/h2-7,10-11,14-15,19,23,25,27-28H,8-9,12-13,16-17H2,1H3. The maximum atomic E-state index is 5.36. The molecule has 2 saturated heterocycles. The summed E-state index contributed by atoms with van der Waals surface area (Å²) in [4.78, 5) is 6.81. The molecule has 2 aliphatic heterocycles. The van der Waals surface area contributed by atoms with Crippen molar-refractivity contribution < 1.29 is 4.74 Å². The molecule has 2 unspecified atom stereocenters. The zero-order valence-corrected chi connectivity index (χ0v) is 17.6. The van der Waals surface area contributed by atoms with E-state index in [1.54, 1.807) is 7.11 Å². The van der Waals surface area contributed by atoms with Crippen LogP contribution in [0, 0.1) is 5.92 Å². The molecule has 0 amide bonds. The Morgan fingerprint density at radius 1 is 0.967 bits per heavy atom. The van der Waals surface area contributed by atoms with E-state index in [0.717, 1.165) is 18.8 Å². The van der Waals surface area contributed by atoms with Gasteiger partial charge in [-0.2, -0.15) is 0 Å². The molecule has 2 aromatic carbocycles. The Labute approximate surface area is 178 Å². The Morgan fingerprint density at radius 3 is 2.53 bits per heavy atom. The highest BCUT2D eigenvalue weighted by atomic mass is 16.5. The molecule has 1 aromatic heterocycles. The molecule has 2 aliphatic rings. The van der Waals surface area contributed by atoms with E-state index in [2.05, 4.69) is 63.2 Å². The van der Waals surface area contributed by atoms with Crippen LogP contribution in [0.5, 0.6) is 5.75 Å². The van der Waals surface area contributed by atoms with E-state index in [9.17, 15) is 0 Å². The topological polar surface area (TPSA) is 49.4 Å². The number of aromatic nitrogens is 1. The number of pyridine rings is 1. The van der Waals surface area contributed by atoms with E-state index in [1.165, 1.54) is 47.8 Å². The van der Waals surface area contributed by atoms with Gasteiger partial charge in [-0.3, -0.25) is 10.4 Å². The number of hydrogen-bond acceptors (Lipinski definition) is 5. The van der Waals surface area contributed by atoms with E-state index in [0.29, 0.717) is 17.9 Å². The first-order valence-corrected chi connectivity index (χ1v) is 11.0. The fourth-order valence-corrected chi connectivity index (χ4v) is 5.04. The van der Waals surface area contributed by atoms with Crippen LogP contribution >= 0.6 is 0 Å². The molecule has 0 radical (unpaired) electrons. The van der Waals surface area contributed by atoms with Crippen LogP contribution in [-0.4, -0.2) is 43.2 Å². The van der Waals surface area contributed by atoms with Crippen molar-refractivity contribution in [2.24, 2.45) is 5.92 Å². The van der Waals surface area contributed by atoms with Gasteiger partial charge in [0.25, 0.3) is 0 Å². The molecule has 2 atom stereocenters. The van der Waals surface area contributed by atoms with Crippen molar-refractivity contribution in [3.63, 3.8) is 0 Å². The second kappa shape index (κ2) is 8.72. The molecule has 2 N–H and O–H groups in total. The van der Waals surface area contributed by atoms with Gasteiger partial charge < -0.3 is 9.64 Å². The predicted molar refractivity (Wildman–Crippen MR) is 121 cm³/mol. The number of methoxy groups -OCH3 is 1. The summed E-state index contributed by atoms with van der Waals surface area (Å²) in [7, 11) is 1.72. The van der Waals surface area contributed by atoms with Crippen LogP contribution in [-0.2, 0) is 0 Å². The van der Waals surface area contributed by atoms with Crippen molar-refractivity contribution in [1.82, 2.24) is 20.7 Å². The highest BCUT2D eigenvalue weighted by Crippen LogP contribution is 2.32. The number of hydrogen-bond donors (Lipinski definition) is 2. The van der Waals surface area contributed by atoms with Crippen LogP contribution in [0.4, 0.5) is 0 Å². The number of nitrogens with zero attached hydrogens (tertiary/aromatic N) is 2. The molecule has 0 bridgehead atoms. The zero-order chi connectivity index (χ0) is 20.3. The summed E-state index contributed by atoms with van der Waals surface area (Å²) in [5.41, 5.74) is 9.73. The highest BCUT2D eigenvalue weighted by Gasteiger charge is 2.31. The van der Waals surface area contributed by atoms with Crippen molar-refractivity contribution in [1.29, 1.82) is 0 Å². The zero-order valence-electron chi connectivity index (χ0n) is 17.6. The lowest BCUT2D eigenvalue weighted by Crippen LogP contribution is -2.38. The summed E-state index contributed by atoms with van der Waals surface area (Å²) in [5.74, 6) is 2.15. The van der Waals surface area contributed by atoms with Crippen molar-refractivity contribution >= 4 is 10.8 Å². The summed E-state index contributed by atoms with van der Waals surface area (Å²) in [6.45, 7) is 4.49. The maximum Gasteiger partial charge on any atom is 0.119 e. The number of nitrogens with one attached hydrogen (secondary N) is 2. The van der Waals surface area contributed by atoms with E-state index in [4.69, 9.17) is 4.74 Å². The van der Waals surface area contributed by atoms with Gasteiger partial charge in [-0.1, -0.05) is 18.2 Å². The molecule has 0 saturated carbocycles.